The summed E-state index contributed by atoms with van der Waals surface area (Å²) in [6, 6.07) is 9.45. The lowest BCUT2D eigenvalue weighted by Gasteiger charge is -2.10. The van der Waals surface area contributed by atoms with Crippen LogP contribution < -0.4 is 31.2 Å². The lowest BCUT2D eigenvalue weighted by molar-refractivity contribution is -0.123. The van der Waals surface area contributed by atoms with E-state index in [4.69, 9.17) is 9.47 Å². The summed E-state index contributed by atoms with van der Waals surface area (Å²) >= 11 is 6.57. The third-order valence-electron chi connectivity index (χ3n) is 4.27. The van der Waals surface area contributed by atoms with Gasteiger partial charge in [-0.05, 0) is 74.7 Å². The first kappa shape index (κ1) is 26.1. The number of ether oxygens (including phenoxy) is 2. The lowest BCUT2D eigenvalue weighted by Crippen LogP contribution is -2.42. The van der Waals surface area contributed by atoms with Crippen LogP contribution in [0.15, 0.2) is 45.3 Å². The molecule has 0 atom stereocenters. The number of halogens is 2. The number of nitrogens with one attached hydrogen (secondary N) is 4. The van der Waals surface area contributed by atoms with E-state index in [9.17, 15) is 19.2 Å². The molecule has 0 unspecified atom stereocenters. The zero-order chi connectivity index (χ0) is 24.4. The van der Waals surface area contributed by atoms with Crippen LogP contribution >= 0.6 is 31.9 Å². The van der Waals surface area contributed by atoms with Crippen molar-refractivity contribution in [3.05, 3.63) is 56.5 Å². The highest BCUT2D eigenvalue weighted by Crippen LogP contribution is 2.26. The standard InChI is InChI=1S/C21H22Br2N4O6/c1-32-16-8-6-12(10-14(16)22)20(30)26-24-18(28)4-3-5-19(29)25-27-21(31)13-7-9-17(33-2)15(23)11-13/h6-11H,3-5H2,1-2H3,(H,24,28)(H,25,29)(H,26,30)(H,27,31). The Bertz CT molecular complexity index is 966. The van der Waals surface area contributed by atoms with Crippen LogP contribution in [0.5, 0.6) is 11.5 Å². The summed E-state index contributed by atoms with van der Waals surface area (Å²) in [6.45, 7) is 0. The number of carbonyl (C=O) groups is 4. The van der Waals surface area contributed by atoms with Gasteiger partial charge in [-0.25, -0.2) is 0 Å². The van der Waals surface area contributed by atoms with Crippen LogP contribution in [0.3, 0.4) is 0 Å². The normalized spacial score (nSPS) is 10.1. The maximum atomic E-state index is 12.1. The van der Waals surface area contributed by atoms with E-state index < -0.39 is 23.6 Å². The molecule has 4 N–H and O–H groups in total. The van der Waals surface area contributed by atoms with Gasteiger partial charge in [0.2, 0.25) is 11.8 Å². The van der Waals surface area contributed by atoms with Crippen LogP contribution in [-0.4, -0.2) is 37.8 Å². The molecule has 2 rings (SSSR count). The Morgan fingerprint density at radius 3 is 1.42 bits per heavy atom. The molecule has 0 radical (unpaired) electrons. The van der Waals surface area contributed by atoms with Crippen LogP contribution in [0, 0.1) is 0 Å². The van der Waals surface area contributed by atoms with Gasteiger partial charge >= 0.3 is 0 Å². The van der Waals surface area contributed by atoms with Crippen LogP contribution in [-0.2, 0) is 9.59 Å². The topological polar surface area (TPSA) is 135 Å². The van der Waals surface area contributed by atoms with Gasteiger partial charge in [-0.1, -0.05) is 0 Å². The quantitative estimate of drug-likeness (QED) is 0.352. The summed E-state index contributed by atoms with van der Waals surface area (Å²) in [6.07, 6.45) is 0.213. The largest absolute Gasteiger partial charge is 0.496 e. The van der Waals surface area contributed by atoms with Crippen LogP contribution in [0.25, 0.3) is 0 Å². The Morgan fingerprint density at radius 2 is 1.09 bits per heavy atom. The Balaban J connectivity index is 1.67. The fourth-order valence-electron chi connectivity index (χ4n) is 2.55. The van der Waals surface area contributed by atoms with Crippen molar-refractivity contribution in [2.24, 2.45) is 0 Å². The fraction of sp³-hybridized carbons (Fsp3) is 0.238. The van der Waals surface area contributed by atoms with E-state index in [0.29, 0.717) is 31.6 Å². The van der Waals surface area contributed by atoms with Gasteiger partial charge in [0.15, 0.2) is 0 Å². The van der Waals surface area contributed by atoms with Gasteiger partial charge in [-0.2, -0.15) is 0 Å². The molecule has 4 amide bonds. The van der Waals surface area contributed by atoms with E-state index in [1.807, 2.05) is 0 Å². The Morgan fingerprint density at radius 1 is 0.697 bits per heavy atom. The summed E-state index contributed by atoms with van der Waals surface area (Å²) < 4.78 is 11.4. The number of amides is 4. The smallest absolute Gasteiger partial charge is 0.269 e. The lowest BCUT2D eigenvalue weighted by atomic mass is 10.2. The van der Waals surface area contributed by atoms with E-state index in [1.165, 1.54) is 14.2 Å². The van der Waals surface area contributed by atoms with Gasteiger partial charge in [-0.3, -0.25) is 40.9 Å². The van der Waals surface area contributed by atoms with Crippen LogP contribution in [0.2, 0.25) is 0 Å². The maximum absolute atomic E-state index is 12.1. The van der Waals surface area contributed by atoms with Crippen molar-refractivity contribution in [2.45, 2.75) is 19.3 Å². The molecule has 176 valence electrons. The zero-order valence-electron chi connectivity index (χ0n) is 17.8. The van der Waals surface area contributed by atoms with Crippen molar-refractivity contribution in [1.29, 1.82) is 0 Å². The van der Waals surface area contributed by atoms with Crippen molar-refractivity contribution in [3.8, 4) is 11.5 Å². The van der Waals surface area contributed by atoms with Gasteiger partial charge in [0.25, 0.3) is 11.8 Å². The molecule has 0 aliphatic carbocycles. The molecule has 10 nitrogen and oxygen atoms in total. The van der Waals surface area contributed by atoms with E-state index in [1.54, 1.807) is 36.4 Å². The minimum absolute atomic E-state index is 0.000615. The molecule has 2 aromatic carbocycles. The molecule has 0 heterocycles. The van der Waals surface area contributed by atoms with E-state index in [0.717, 1.165) is 0 Å². The Hall–Kier alpha value is -3.12. The number of hydrazine groups is 2. The predicted molar refractivity (Wildman–Crippen MR) is 126 cm³/mol. The Kier molecular flexibility index (Phi) is 10.1. The second-order valence-electron chi connectivity index (χ2n) is 6.56. The second-order valence-corrected chi connectivity index (χ2v) is 8.27. The summed E-state index contributed by atoms with van der Waals surface area (Å²) in [5.41, 5.74) is 9.82. The van der Waals surface area contributed by atoms with Gasteiger partial charge in [-0.15, -0.1) is 0 Å². The monoisotopic (exact) mass is 584 g/mol. The van der Waals surface area contributed by atoms with Crippen molar-refractivity contribution in [2.75, 3.05) is 14.2 Å². The van der Waals surface area contributed by atoms with E-state index >= 15 is 0 Å². The first-order valence-corrected chi connectivity index (χ1v) is 11.2. The molecule has 0 saturated carbocycles. The number of methoxy groups -OCH3 is 2. The van der Waals surface area contributed by atoms with Gasteiger partial charge in [0.05, 0.1) is 23.2 Å². The van der Waals surface area contributed by atoms with Crippen molar-refractivity contribution in [1.82, 2.24) is 21.7 Å². The summed E-state index contributed by atoms with van der Waals surface area (Å²) in [5, 5.41) is 0. The molecule has 0 saturated heterocycles. The maximum Gasteiger partial charge on any atom is 0.269 e. The zero-order valence-corrected chi connectivity index (χ0v) is 21.0. The second kappa shape index (κ2) is 12.8. The van der Waals surface area contributed by atoms with Crippen molar-refractivity contribution >= 4 is 55.5 Å². The van der Waals surface area contributed by atoms with Gasteiger partial charge in [0.1, 0.15) is 11.5 Å². The van der Waals surface area contributed by atoms with Crippen LogP contribution in [0.4, 0.5) is 0 Å². The van der Waals surface area contributed by atoms with Gasteiger partial charge in [0, 0.05) is 24.0 Å². The predicted octanol–water partition coefficient (Wildman–Crippen LogP) is 2.62. The van der Waals surface area contributed by atoms with E-state index in [2.05, 4.69) is 53.6 Å². The molecule has 0 spiro atoms. The first-order chi connectivity index (χ1) is 15.7. The molecule has 33 heavy (non-hydrogen) atoms. The summed E-state index contributed by atoms with van der Waals surface area (Å²) in [7, 11) is 3.02. The van der Waals surface area contributed by atoms with Crippen LogP contribution in [0.1, 0.15) is 40.0 Å². The highest BCUT2D eigenvalue weighted by atomic mass is 79.9. The molecular formula is C21H22Br2N4O6. The van der Waals surface area contributed by atoms with Gasteiger partial charge < -0.3 is 9.47 Å². The summed E-state index contributed by atoms with van der Waals surface area (Å²) in [4.78, 5) is 48.0. The molecule has 0 fully saturated rings. The van der Waals surface area contributed by atoms with Crippen molar-refractivity contribution < 1.29 is 28.7 Å². The molecule has 0 aliphatic rings. The highest BCUT2D eigenvalue weighted by Gasteiger charge is 2.12. The van der Waals surface area contributed by atoms with Crippen molar-refractivity contribution in [3.63, 3.8) is 0 Å². The average molecular weight is 586 g/mol. The number of carbonyl (C=O) groups excluding carboxylic acids is 4. The van der Waals surface area contributed by atoms with E-state index in [-0.39, 0.29) is 19.3 Å². The average Bonchev–Trinajstić information content (AvgIpc) is 2.80. The number of hydrogen-bond acceptors (Lipinski definition) is 6. The third kappa shape index (κ3) is 8.06. The first-order valence-electron chi connectivity index (χ1n) is 9.60. The SMILES string of the molecule is COc1ccc(C(=O)NNC(=O)CCCC(=O)NNC(=O)c2ccc(OC)c(Br)c2)cc1Br. The highest BCUT2D eigenvalue weighted by molar-refractivity contribution is 9.10. The Labute approximate surface area is 207 Å². The number of rotatable bonds is 8. The number of benzene rings is 2. The molecule has 0 bridgehead atoms. The molecule has 0 aliphatic heterocycles. The molecule has 2 aromatic rings. The minimum atomic E-state index is -0.502. The number of hydrogen-bond donors (Lipinski definition) is 4. The summed E-state index contributed by atoms with van der Waals surface area (Å²) in [5.74, 6) is -0.787. The molecule has 0 aromatic heterocycles. The fourth-order valence-corrected chi connectivity index (χ4v) is 3.63. The molecular weight excluding hydrogens is 564 g/mol. The minimum Gasteiger partial charge on any atom is -0.496 e. The third-order valence-corrected chi connectivity index (χ3v) is 5.51. The molecule has 12 heteroatoms.